The lowest BCUT2D eigenvalue weighted by Crippen LogP contribution is -2.12. The van der Waals surface area contributed by atoms with Crippen LogP contribution in [0.4, 0.5) is 5.69 Å². The number of benzene rings is 2. The number of hydrogen-bond acceptors (Lipinski definition) is 3. The van der Waals surface area contributed by atoms with Crippen LogP contribution in [0.1, 0.15) is 5.56 Å². The first-order chi connectivity index (χ1) is 10.4. The Morgan fingerprint density at radius 3 is 2.27 bits per heavy atom. The molecule has 0 amide bonds. The van der Waals surface area contributed by atoms with Gasteiger partial charge in [-0.15, -0.1) is 24.0 Å². The maximum Gasteiger partial charge on any atom is 0.182 e. The molecule has 0 saturated heterocycles. The van der Waals surface area contributed by atoms with Gasteiger partial charge in [-0.3, -0.25) is 5.43 Å². The van der Waals surface area contributed by atoms with Crippen LogP contribution in [0.25, 0.3) is 6.08 Å². The Hall–Kier alpha value is -1.60. The van der Waals surface area contributed by atoms with E-state index in [-0.39, 0.29) is 24.0 Å². The maximum absolute atomic E-state index is 4.46. The summed E-state index contributed by atoms with van der Waals surface area (Å²) in [6.07, 6.45) is 7.56. The summed E-state index contributed by atoms with van der Waals surface area (Å²) >= 11 is 1.52. The number of para-hydroxylation sites is 1. The van der Waals surface area contributed by atoms with Crippen molar-refractivity contribution in [3.63, 3.8) is 0 Å². The first kappa shape index (κ1) is 18.4. The smallest absolute Gasteiger partial charge is 0.182 e. The second-order valence-electron chi connectivity index (χ2n) is 4.12. The van der Waals surface area contributed by atoms with Crippen molar-refractivity contribution >= 4 is 58.9 Å². The molecule has 0 aromatic heterocycles. The first-order valence-corrected chi connectivity index (χ1v) is 7.79. The van der Waals surface area contributed by atoms with Crippen molar-refractivity contribution in [2.24, 2.45) is 10.1 Å². The van der Waals surface area contributed by atoms with Crippen LogP contribution in [0.5, 0.6) is 0 Å². The van der Waals surface area contributed by atoms with Crippen LogP contribution in [0.2, 0.25) is 0 Å². The van der Waals surface area contributed by atoms with Crippen LogP contribution in [-0.2, 0) is 0 Å². The van der Waals surface area contributed by atoms with Crippen molar-refractivity contribution in [3.8, 4) is 0 Å². The van der Waals surface area contributed by atoms with Gasteiger partial charge < -0.3 is 0 Å². The summed E-state index contributed by atoms with van der Waals surface area (Å²) in [6.45, 7) is 0. The van der Waals surface area contributed by atoms with Gasteiger partial charge >= 0.3 is 0 Å². The highest BCUT2D eigenvalue weighted by Gasteiger charge is 1.94. The van der Waals surface area contributed by atoms with Crippen molar-refractivity contribution < 1.29 is 0 Å². The summed E-state index contributed by atoms with van der Waals surface area (Å²) in [5, 5.41) is 4.90. The van der Waals surface area contributed by atoms with E-state index in [0.29, 0.717) is 0 Å². The van der Waals surface area contributed by atoms with Gasteiger partial charge in [-0.05, 0) is 30.0 Å². The van der Waals surface area contributed by atoms with Crippen LogP contribution < -0.4 is 5.43 Å². The summed E-state index contributed by atoms with van der Waals surface area (Å²) in [5.41, 5.74) is 4.99. The van der Waals surface area contributed by atoms with Crippen LogP contribution in [0.3, 0.4) is 0 Å². The van der Waals surface area contributed by atoms with E-state index >= 15 is 0 Å². The third-order valence-corrected chi connectivity index (χ3v) is 3.16. The Morgan fingerprint density at radius 2 is 1.64 bits per heavy atom. The van der Waals surface area contributed by atoms with Gasteiger partial charge in [0, 0.05) is 6.21 Å². The van der Waals surface area contributed by atoms with E-state index in [9.17, 15) is 0 Å². The third kappa shape index (κ3) is 6.91. The number of nitrogens with zero attached hydrogens (tertiary/aromatic N) is 2. The van der Waals surface area contributed by atoms with Crippen molar-refractivity contribution in [3.05, 3.63) is 72.3 Å². The SMILES string of the molecule is CSC(=Nc1ccccc1)N/N=C/C=C/c1ccccc1.I. The van der Waals surface area contributed by atoms with E-state index in [1.54, 1.807) is 6.21 Å². The number of amidine groups is 1. The molecule has 114 valence electrons. The standard InChI is InChI=1S/C17H17N3S.HI/c1-21-17(19-16-12-6-3-7-13-16)20-18-14-8-11-15-9-4-2-5-10-15;/h2-14H,1H3,(H,19,20);1H/b11-8+,18-14+;. The number of allylic oxidation sites excluding steroid dienone is 1. The molecule has 2 rings (SSSR count). The number of halogens is 1. The fraction of sp³-hybridized carbons (Fsp3) is 0.0588. The van der Waals surface area contributed by atoms with Crippen LogP contribution in [0.15, 0.2) is 76.8 Å². The quantitative estimate of drug-likeness (QED) is 0.327. The van der Waals surface area contributed by atoms with E-state index in [1.807, 2.05) is 79.1 Å². The molecule has 0 fully saturated rings. The molecule has 0 bridgehead atoms. The average Bonchev–Trinajstić information content (AvgIpc) is 2.55. The molecule has 3 nitrogen and oxygen atoms in total. The van der Waals surface area contributed by atoms with Gasteiger partial charge in [0.05, 0.1) is 5.69 Å². The van der Waals surface area contributed by atoms with E-state index in [0.717, 1.165) is 16.4 Å². The molecule has 2 aromatic carbocycles. The Balaban J connectivity index is 0.00000242. The zero-order valence-electron chi connectivity index (χ0n) is 12.2. The second-order valence-corrected chi connectivity index (χ2v) is 4.91. The molecule has 0 saturated carbocycles. The van der Waals surface area contributed by atoms with Crippen molar-refractivity contribution in [2.45, 2.75) is 0 Å². The summed E-state index contributed by atoms with van der Waals surface area (Å²) in [5.74, 6) is 0. The molecule has 0 unspecified atom stereocenters. The molecule has 0 aliphatic heterocycles. The summed E-state index contributed by atoms with van der Waals surface area (Å²) in [4.78, 5) is 4.46. The van der Waals surface area contributed by atoms with Gasteiger partial charge in [0.15, 0.2) is 5.17 Å². The zero-order chi connectivity index (χ0) is 14.8. The Labute approximate surface area is 152 Å². The van der Waals surface area contributed by atoms with Crippen molar-refractivity contribution in [1.82, 2.24) is 5.43 Å². The monoisotopic (exact) mass is 423 g/mol. The fourth-order valence-electron chi connectivity index (χ4n) is 1.59. The van der Waals surface area contributed by atoms with Crippen molar-refractivity contribution in [2.75, 3.05) is 6.26 Å². The fourth-order valence-corrected chi connectivity index (χ4v) is 1.93. The van der Waals surface area contributed by atoms with Crippen LogP contribution in [-0.4, -0.2) is 17.6 Å². The number of hydrogen-bond donors (Lipinski definition) is 1. The van der Waals surface area contributed by atoms with E-state index < -0.39 is 0 Å². The van der Waals surface area contributed by atoms with Gasteiger partial charge in [0.1, 0.15) is 0 Å². The highest BCUT2D eigenvalue weighted by molar-refractivity contribution is 14.0. The van der Waals surface area contributed by atoms with Crippen LogP contribution >= 0.6 is 35.7 Å². The predicted molar refractivity (Wildman–Crippen MR) is 110 cm³/mol. The molecule has 0 heterocycles. The first-order valence-electron chi connectivity index (χ1n) is 6.57. The van der Waals surface area contributed by atoms with E-state index in [1.165, 1.54) is 11.8 Å². The Morgan fingerprint density at radius 1 is 1.00 bits per heavy atom. The topological polar surface area (TPSA) is 36.8 Å². The number of nitrogens with one attached hydrogen (secondary N) is 1. The highest BCUT2D eigenvalue weighted by Crippen LogP contribution is 2.12. The molecule has 0 spiro atoms. The van der Waals surface area contributed by atoms with Gasteiger partial charge in [0.2, 0.25) is 0 Å². The lowest BCUT2D eigenvalue weighted by molar-refractivity contribution is 1.05. The minimum atomic E-state index is 0. The summed E-state index contributed by atoms with van der Waals surface area (Å²) in [6, 6.07) is 19.9. The van der Waals surface area contributed by atoms with Gasteiger partial charge in [-0.2, -0.15) is 5.10 Å². The highest BCUT2D eigenvalue weighted by atomic mass is 127. The molecule has 1 N–H and O–H groups in total. The number of hydrazone groups is 1. The minimum absolute atomic E-state index is 0. The zero-order valence-corrected chi connectivity index (χ0v) is 15.4. The van der Waals surface area contributed by atoms with E-state index in [4.69, 9.17) is 0 Å². The molecule has 0 radical (unpaired) electrons. The largest absolute Gasteiger partial charge is 0.256 e. The van der Waals surface area contributed by atoms with Gasteiger partial charge in [-0.1, -0.05) is 66.4 Å². The summed E-state index contributed by atoms with van der Waals surface area (Å²) < 4.78 is 0. The molecule has 0 aliphatic carbocycles. The van der Waals surface area contributed by atoms with Gasteiger partial charge in [0.25, 0.3) is 0 Å². The number of aliphatic imine (C=N–C) groups is 1. The summed E-state index contributed by atoms with van der Waals surface area (Å²) in [7, 11) is 0. The number of rotatable bonds is 4. The minimum Gasteiger partial charge on any atom is -0.256 e. The molecule has 0 aliphatic rings. The Kier molecular flexibility index (Phi) is 9.25. The lowest BCUT2D eigenvalue weighted by Gasteiger charge is -2.01. The third-order valence-electron chi connectivity index (χ3n) is 2.59. The normalized spacial score (nSPS) is 11.6. The lowest BCUT2D eigenvalue weighted by atomic mass is 10.2. The molecule has 22 heavy (non-hydrogen) atoms. The number of thioether (sulfide) groups is 1. The molecule has 0 atom stereocenters. The average molecular weight is 423 g/mol. The van der Waals surface area contributed by atoms with E-state index in [2.05, 4.69) is 15.5 Å². The van der Waals surface area contributed by atoms with Crippen molar-refractivity contribution in [1.29, 1.82) is 0 Å². The maximum atomic E-state index is 4.46. The van der Waals surface area contributed by atoms with Crippen LogP contribution in [0, 0.1) is 0 Å². The predicted octanol–water partition coefficient (Wildman–Crippen LogP) is 4.94. The molecule has 2 aromatic rings. The molecule has 5 heteroatoms. The molecular formula is C17H18IN3S. The molecular weight excluding hydrogens is 405 g/mol. The van der Waals surface area contributed by atoms with Gasteiger partial charge in [-0.25, -0.2) is 4.99 Å². The Bertz CT molecular complexity index is 625. The second kappa shape index (κ2) is 11.0.